The molecule has 2 aromatic rings. The number of hydrogen-bond donors (Lipinski definition) is 0. The lowest BCUT2D eigenvalue weighted by Gasteiger charge is -2.27. The minimum atomic E-state index is -3.36. The van der Waals surface area contributed by atoms with Crippen LogP contribution in [0, 0.1) is 0 Å². The molecule has 146 valence electrons. The lowest BCUT2D eigenvalue weighted by molar-refractivity contribution is -0.121. The average Bonchev–Trinajstić information content (AvgIpc) is 3.06. The van der Waals surface area contributed by atoms with Gasteiger partial charge in [0.2, 0.25) is 0 Å². The number of rotatable bonds is 6. The second-order valence-corrected chi connectivity index (χ2v) is 8.03. The Kier molecular flexibility index (Phi) is 5.79. The van der Waals surface area contributed by atoms with E-state index in [1.807, 2.05) is 0 Å². The minimum absolute atomic E-state index is 0.201. The largest absolute Gasteiger partial charge is 0.496 e. The van der Waals surface area contributed by atoms with Gasteiger partial charge in [0, 0.05) is 11.1 Å². The molecular weight excluding hydrogens is 382 g/mol. The first kappa shape index (κ1) is 19.6. The molecule has 0 N–H and O–H groups in total. The van der Waals surface area contributed by atoms with E-state index >= 15 is 0 Å². The number of sulfone groups is 1. The molecule has 1 aliphatic rings. The molecule has 1 amide bonds. The maximum Gasteiger partial charge on any atom is 0.342 e. The molecule has 2 aromatic carbocycles. The van der Waals surface area contributed by atoms with Crippen LogP contribution in [0.1, 0.15) is 10.4 Å². The number of carbonyl (C=O) groups excluding carboxylic acids is 2. The maximum atomic E-state index is 12.8. The van der Waals surface area contributed by atoms with E-state index in [1.54, 1.807) is 48.5 Å². The number of ether oxygens (including phenoxy) is 2. The predicted octanol–water partition coefficient (Wildman–Crippen LogP) is 2.20. The number of carbonyl (C=O) groups is 2. The summed E-state index contributed by atoms with van der Waals surface area (Å²) in [7, 11) is -1.93. The van der Waals surface area contributed by atoms with E-state index in [9.17, 15) is 18.0 Å². The Balaban J connectivity index is 1.77. The van der Waals surface area contributed by atoms with Gasteiger partial charge in [0.05, 0.1) is 18.9 Å². The molecule has 3 rings (SSSR count). The Bertz CT molecular complexity index is 1000. The number of esters is 1. The second-order valence-electron chi connectivity index (χ2n) is 6.10. The summed E-state index contributed by atoms with van der Waals surface area (Å²) in [5.41, 5.74) is 0.722. The summed E-state index contributed by atoms with van der Waals surface area (Å²) in [4.78, 5) is 26.5. The van der Waals surface area contributed by atoms with Crippen molar-refractivity contribution in [3.63, 3.8) is 0 Å². The van der Waals surface area contributed by atoms with Crippen molar-refractivity contribution in [3.05, 3.63) is 71.6 Å². The van der Waals surface area contributed by atoms with Gasteiger partial charge in [-0.25, -0.2) is 13.2 Å². The van der Waals surface area contributed by atoms with Crippen molar-refractivity contribution in [1.29, 1.82) is 0 Å². The van der Waals surface area contributed by atoms with Gasteiger partial charge >= 0.3 is 5.97 Å². The normalized spacial score (nSPS) is 17.1. The van der Waals surface area contributed by atoms with Crippen LogP contribution in [-0.4, -0.2) is 45.8 Å². The number of para-hydroxylation sites is 2. The van der Waals surface area contributed by atoms with Gasteiger partial charge in [0.15, 0.2) is 16.4 Å². The fourth-order valence-electron chi connectivity index (χ4n) is 2.92. The van der Waals surface area contributed by atoms with Crippen molar-refractivity contribution >= 4 is 27.4 Å². The van der Waals surface area contributed by atoms with Crippen LogP contribution in [0.2, 0.25) is 0 Å². The number of benzene rings is 2. The molecule has 0 aliphatic carbocycles. The van der Waals surface area contributed by atoms with E-state index in [0.29, 0.717) is 11.4 Å². The van der Waals surface area contributed by atoms with Crippen LogP contribution in [-0.2, 0) is 19.4 Å². The molecular formula is C20H19NO6S. The van der Waals surface area contributed by atoms with Gasteiger partial charge in [-0.15, -0.1) is 0 Å². The van der Waals surface area contributed by atoms with Gasteiger partial charge in [-0.2, -0.15) is 0 Å². The van der Waals surface area contributed by atoms with Crippen molar-refractivity contribution < 1.29 is 27.5 Å². The van der Waals surface area contributed by atoms with Crippen molar-refractivity contribution in [2.24, 2.45) is 0 Å². The Hall–Kier alpha value is -3.13. The molecule has 0 fully saturated rings. The number of hydrogen-bond acceptors (Lipinski definition) is 6. The summed E-state index contributed by atoms with van der Waals surface area (Å²) in [6.45, 7) is -0.532. The van der Waals surface area contributed by atoms with Crippen LogP contribution in [0.5, 0.6) is 5.75 Å². The van der Waals surface area contributed by atoms with Gasteiger partial charge in [-0.1, -0.05) is 30.3 Å². The number of amides is 1. The molecule has 1 aliphatic heterocycles. The molecule has 7 nitrogen and oxygen atoms in total. The quantitative estimate of drug-likeness (QED) is 0.690. The van der Waals surface area contributed by atoms with Gasteiger partial charge < -0.3 is 14.4 Å². The van der Waals surface area contributed by atoms with E-state index < -0.39 is 34.4 Å². The highest BCUT2D eigenvalue weighted by atomic mass is 32.2. The van der Waals surface area contributed by atoms with Crippen molar-refractivity contribution in [3.8, 4) is 5.75 Å². The summed E-state index contributed by atoms with van der Waals surface area (Å²) in [5.74, 6) is -1.10. The van der Waals surface area contributed by atoms with Crippen molar-refractivity contribution in [1.82, 2.24) is 0 Å². The first-order valence-electron chi connectivity index (χ1n) is 8.49. The monoisotopic (exact) mass is 401 g/mol. The summed E-state index contributed by atoms with van der Waals surface area (Å²) in [5, 5.41) is 1.10. The van der Waals surface area contributed by atoms with E-state index in [1.165, 1.54) is 24.2 Å². The number of nitrogens with zero attached hydrogens (tertiary/aromatic N) is 1. The highest BCUT2D eigenvalue weighted by molar-refractivity contribution is 7.94. The zero-order valence-corrected chi connectivity index (χ0v) is 16.0. The minimum Gasteiger partial charge on any atom is -0.496 e. The molecule has 0 radical (unpaired) electrons. The molecule has 28 heavy (non-hydrogen) atoms. The predicted molar refractivity (Wildman–Crippen MR) is 104 cm³/mol. The average molecular weight is 401 g/mol. The highest BCUT2D eigenvalue weighted by Crippen LogP contribution is 2.23. The third kappa shape index (κ3) is 4.40. The summed E-state index contributed by atoms with van der Waals surface area (Å²) in [6.07, 6.45) is 1.46. The lowest BCUT2D eigenvalue weighted by Crippen LogP contribution is -2.43. The zero-order valence-electron chi connectivity index (χ0n) is 15.1. The number of anilines is 1. The summed E-state index contributed by atoms with van der Waals surface area (Å²) < 4.78 is 33.9. The SMILES string of the molecule is COc1ccccc1C(=O)OCC(=O)N(c1ccccc1)[C@H]1C=CS(=O)(=O)C1. The second kappa shape index (κ2) is 8.26. The summed E-state index contributed by atoms with van der Waals surface area (Å²) in [6, 6.07) is 14.5. The van der Waals surface area contributed by atoms with E-state index in [-0.39, 0.29) is 11.3 Å². The van der Waals surface area contributed by atoms with Crippen LogP contribution in [0.15, 0.2) is 66.1 Å². The van der Waals surface area contributed by atoms with Gasteiger partial charge in [-0.3, -0.25) is 4.79 Å². The van der Waals surface area contributed by atoms with Crippen molar-refractivity contribution in [2.45, 2.75) is 6.04 Å². The van der Waals surface area contributed by atoms with Crippen molar-refractivity contribution in [2.75, 3.05) is 24.4 Å². The zero-order chi connectivity index (χ0) is 20.1. The molecule has 1 atom stereocenters. The van der Waals surface area contributed by atoms with Crippen LogP contribution in [0.3, 0.4) is 0 Å². The van der Waals surface area contributed by atoms with Crippen LogP contribution in [0.4, 0.5) is 5.69 Å². The summed E-state index contributed by atoms with van der Waals surface area (Å²) >= 11 is 0. The topological polar surface area (TPSA) is 90.0 Å². The third-order valence-corrected chi connectivity index (χ3v) is 5.58. The first-order valence-corrected chi connectivity index (χ1v) is 10.2. The van der Waals surface area contributed by atoms with Gasteiger partial charge in [0.25, 0.3) is 5.91 Å². The highest BCUT2D eigenvalue weighted by Gasteiger charge is 2.32. The molecule has 8 heteroatoms. The molecule has 0 spiro atoms. The fraction of sp³-hybridized carbons (Fsp3) is 0.200. The fourth-order valence-corrected chi connectivity index (χ4v) is 4.19. The Morgan fingerprint density at radius 2 is 1.75 bits per heavy atom. The Labute approximate surface area is 163 Å². The molecule has 0 saturated carbocycles. The molecule has 0 bridgehead atoms. The third-order valence-electron chi connectivity index (χ3n) is 4.20. The van der Waals surface area contributed by atoms with Gasteiger partial charge in [-0.05, 0) is 30.3 Å². The first-order chi connectivity index (χ1) is 13.4. The molecule has 1 heterocycles. The van der Waals surface area contributed by atoms with Gasteiger partial charge in [0.1, 0.15) is 11.3 Å². The van der Waals surface area contributed by atoms with Crippen LogP contribution in [0.25, 0.3) is 0 Å². The van der Waals surface area contributed by atoms with E-state index in [4.69, 9.17) is 9.47 Å². The standard InChI is InChI=1S/C20H19NO6S/c1-26-18-10-6-5-9-17(18)20(23)27-13-19(22)21(15-7-3-2-4-8-15)16-11-12-28(24,25)14-16/h2-12,16H,13-14H2,1H3/t16-/m0/s1. The van der Waals surface area contributed by atoms with E-state index in [0.717, 1.165) is 5.41 Å². The smallest absolute Gasteiger partial charge is 0.342 e. The maximum absolute atomic E-state index is 12.8. The Morgan fingerprint density at radius 1 is 1.07 bits per heavy atom. The van der Waals surface area contributed by atoms with Crippen LogP contribution >= 0.6 is 0 Å². The lowest BCUT2D eigenvalue weighted by atomic mass is 10.2. The number of methoxy groups -OCH3 is 1. The van der Waals surface area contributed by atoms with Crippen LogP contribution < -0.4 is 9.64 Å². The molecule has 0 saturated heterocycles. The Morgan fingerprint density at radius 3 is 2.39 bits per heavy atom. The molecule has 0 unspecified atom stereocenters. The van der Waals surface area contributed by atoms with E-state index in [2.05, 4.69) is 0 Å². The molecule has 0 aromatic heterocycles.